The van der Waals surface area contributed by atoms with E-state index in [0.29, 0.717) is 12.1 Å². The van der Waals surface area contributed by atoms with E-state index >= 15 is 0 Å². The van der Waals surface area contributed by atoms with Crippen LogP contribution in [0, 0.1) is 11.3 Å². The molecule has 1 rings (SSSR count). The average molecular weight is 196 g/mol. The van der Waals surface area contributed by atoms with Gasteiger partial charge in [-0.3, -0.25) is 0 Å². The molecule has 0 bridgehead atoms. The number of nitrogens with one attached hydrogen (secondary N) is 1. The number of nitrogens with zero attached hydrogens (tertiary/aromatic N) is 1. The summed E-state index contributed by atoms with van der Waals surface area (Å²) >= 11 is 0. The molecule has 1 N–H and O–H groups in total. The molecule has 1 aliphatic heterocycles. The van der Waals surface area contributed by atoms with Crippen molar-refractivity contribution in [2.24, 2.45) is 0 Å². The monoisotopic (exact) mass is 196 g/mol. The molecule has 1 aliphatic rings. The smallest absolute Gasteiger partial charge is 0.350 e. The maximum atomic E-state index is 11.1. The van der Waals surface area contributed by atoms with Gasteiger partial charge in [-0.1, -0.05) is 0 Å². The van der Waals surface area contributed by atoms with Crippen molar-refractivity contribution in [1.29, 1.82) is 5.26 Å². The maximum Gasteiger partial charge on any atom is 0.350 e. The zero-order chi connectivity index (χ0) is 10.6. The predicted octanol–water partition coefficient (Wildman–Crippen LogP) is 0.293. The van der Waals surface area contributed by atoms with Crippen molar-refractivity contribution < 1.29 is 14.3 Å². The minimum atomic E-state index is -0.605. The number of rotatable bonds is 2. The molecule has 0 unspecified atom stereocenters. The second kappa shape index (κ2) is 4.63. The van der Waals surface area contributed by atoms with Gasteiger partial charge in [0.2, 0.25) is 0 Å². The number of carbonyl (C=O) groups is 1. The lowest BCUT2D eigenvalue weighted by Crippen LogP contribution is -2.23. The van der Waals surface area contributed by atoms with Crippen molar-refractivity contribution in [3.05, 3.63) is 11.3 Å². The van der Waals surface area contributed by atoms with Gasteiger partial charge in [-0.25, -0.2) is 4.79 Å². The third-order valence-electron chi connectivity index (χ3n) is 2.08. The summed E-state index contributed by atoms with van der Waals surface area (Å²) in [5.74, 6) is -0.605. The number of methoxy groups -OCH3 is 2. The second-order valence-corrected chi connectivity index (χ2v) is 2.86. The van der Waals surface area contributed by atoms with E-state index in [1.54, 1.807) is 7.11 Å². The Hall–Kier alpha value is -1.54. The van der Waals surface area contributed by atoms with Crippen molar-refractivity contribution in [1.82, 2.24) is 5.32 Å². The first-order valence-electron chi connectivity index (χ1n) is 4.23. The molecule has 14 heavy (non-hydrogen) atoms. The van der Waals surface area contributed by atoms with Gasteiger partial charge >= 0.3 is 5.97 Å². The number of esters is 1. The van der Waals surface area contributed by atoms with Crippen LogP contribution in [0.15, 0.2) is 11.3 Å². The largest absolute Gasteiger partial charge is 0.465 e. The third kappa shape index (κ3) is 2.03. The molecule has 5 nitrogen and oxygen atoms in total. The highest BCUT2D eigenvalue weighted by Crippen LogP contribution is 2.19. The van der Waals surface area contributed by atoms with Crippen LogP contribution in [0.3, 0.4) is 0 Å². The van der Waals surface area contributed by atoms with Crippen LogP contribution in [-0.4, -0.2) is 26.4 Å². The number of carbonyl (C=O) groups excluding carboxylic acids is 1. The lowest BCUT2D eigenvalue weighted by atomic mass is 10.2. The zero-order valence-corrected chi connectivity index (χ0v) is 8.16. The minimum Gasteiger partial charge on any atom is -0.465 e. The molecule has 1 heterocycles. The average Bonchev–Trinajstić information content (AvgIpc) is 2.67. The van der Waals surface area contributed by atoms with Gasteiger partial charge in [-0.15, -0.1) is 0 Å². The summed E-state index contributed by atoms with van der Waals surface area (Å²) in [5.41, 5.74) is 0.637. The van der Waals surface area contributed by atoms with Crippen molar-refractivity contribution in [3.8, 4) is 6.07 Å². The van der Waals surface area contributed by atoms with Crippen LogP contribution in [-0.2, 0) is 14.3 Å². The molecular weight excluding hydrogens is 184 g/mol. The van der Waals surface area contributed by atoms with Gasteiger partial charge in [0.15, 0.2) is 5.57 Å². The number of hydrogen-bond acceptors (Lipinski definition) is 5. The summed E-state index contributed by atoms with van der Waals surface area (Å²) in [4.78, 5) is 11.1. The van der Waals surface area contributed by atoms with E-state index in [1.807, 2.05) is 6.07 Å². The van der Waals surface area contributed by atoms with Gasteiger partial charge < -0.3 is 14.8 Å². The first kappa shape index (κ1) is 10.5. The molecule has 5 heteroatoms. The summed E-state index contributed by atoms with van der Waals surface area (Å²) in [6.07, 6.45) is 1.28. The number of ether oxygens (including phenoxy) is 2. The molecule has 1 saturated heterocycles. The Morgan fingerprint density at radius 3 is 2.79 bits per heavy atom. The lowest BCUT2D eigenvalue weighted by molar-refractivity contribution is -0.135. The van der Waals surface area contributed by atoms with Crippen molar-refractivity contribution in [2.75, 3.05) is 14.2 Å². The van der Waals surface area contributed by atoms with Crippen LogP contribution in [0.4, 0.5) is 0 Å². The molecule has 0 amide bonds. The van der Waals surface area contributed by atoms with Gasteiger partial charge in [0.25, 0.3) is 0 Å². The number of nitriles is 1. The van der Waals surface area contributed by atoms with E-state index in [9.17, 15) is 4.79 Å². The minimum absolute atomic E-state index is 0.0343. The number of allylic oxidation sites excluding steroid dienone is 1. The molecule has 1 fully saturated rings. The summed E-state index contributed by atoms with van der Waals surface area (Å²) in [7, 11) is 2.83. The molecule has 0 radical (unpaired) electrons. The fraction of sp³-hybridized carbons (Fsp3) is 0.556. The van der Waals surface area contributed by atoms with E-state index in [4.69, 9.17) is 10.00 Å². The zero-order valence-electron chi connectivity index (χ0n) is 8.16. The lowest BCUT2D eigenvalue weighted by Gasteiger charge is -2.08. The first-order valence-corrected chi connectivity index (χ1v) is 4.23. The van der Waals surface area contributed by atoms with E-state index in [2.05, 4.69) is 10.1 Å². The van der Waals surface area contributed by atoms with Crippen LogP contribution < -0.4 is 5.32 Å². The van der Waals surface area contributed by atoms with Crippen LogP contribution in [0.25, 0.3) is 0 Å². The Labute approximate surface area is 82.3 Å². The van der Waals surface area contributed by atoms with Gasteiger partial charge in [-0.2, -0.15) is 5.26 Å². The van der Waals surface area contributed by atoms with Crippen molar-refractivity contribution >= 4 is 5.97 Å². The summed E-state index contributed by atoms with van der Waals surface area (Å²) in [5, 5.41) is 11.7. The fourth-order valence-corrected chi connectivity index (χ4v) is 1.33. The maximum absolute atomic E-state index is 11.1. The Bertz CT molecular complexity index is 304. The van der Waals surface area contributed by atoms with E-state index in [-0.39, 0.29) is 11.8 Å². The molecule has 76 valence electrons. The standard InChI is InChI=1S/C9H12N2O3/c1-13-8-4-3-7(11-8)6(5-10)9(12)14-2/h8,11H,3-4H2,1-2H3/b7-6+/t8-/m1/s1. The van der Waals surface area contributed by atoms with E-state index < -0.39 is 5.97 Å². The van der Waals surface area contributed by atoms with Crippen molar-refractivity contribution in [2.45, 2.75) is 19.1 Å². The molecule has 0 spiro atoms. The van der Waals surface area contributed by atoms with E-state index in [1.165, 1.54) is 7.11 Å². The van der Waals surface area contributed by atoms with Gasteiger partial charge in [0, 0.05) is 12.8 Å². The summed E-state index contributed by atoms with van der Waals surface area (Å²) < 4.78 is 9.53. The van der Waals surface area contributed by atoms with Crippen LogP contribution >= 0.6 is 0 Å². The second-order valence-electron chi connectivity index (χ2n) is 2.86. The van der Waals surface area contributed by atoms with Crippen LogP contribution in [0.5, 0.6) is 0 Å². The molecule has 0 aliphatic carbocycles. The summed E-state index contributed by atoms with van der Waals surface area (Å²) in [6, 6.07) is 1.83. The SMILES string of the molecule is COC(=O)/C(C#N)=C1\CC[C@@H](OC)N1. The molecule has 0 saturated carbocycles. The highest BCUT2D eigenvalue weighted by Gasteiger charge is 2.24. The first-order chi connectivity index (χ1) is 6.72. The highest BCUT2D eigenvalue weighted by atomic mass is 16.5. The Kier molecular flexibility index (Phi) is 3.48. The van der Waals surface area contributed by atoms with E-state index in [0.717, 1.165) is 6.42 Å². The quantitative estimate of drug-likeness (QED) is 0.390. The molecule has 0 aromatic heterocycles. The molecule has 0 aromatic carbocycles. The van der Waals surface area contributed by atoms with Gasteiger partial charge in [0.1, 0.15) is 12.3 Å². The molecule has 1 atom stereocenters. The molecular formula is C9H12N2O3. The summed E-state index contributed by atoms with van der Waals surface area (Å²) in [6.45, 7) is 0. The fourth-order valence-electron chi connectivity index (χ4n) is 1.33. The normalized spacial score (nSPS) is 23.6. The third-order valence-corrected chi connectivity index (χ3v) is 2.08. The van der Waals surface area contributed by atoms with Gasteiger partial charge in [0.05, 0.1) is 7.11 Å². The Morgan fingerprint density at radius 1 is 1.64 bits per heavy atom. The Balaban J connectivity index is 2.82. The van der Waals surface area contributed by atoms with Crippen LogP contribution in [0.1, 0.15) is 12.8 Å². The molecule has 0 aromatic rings. The van der Waals surface area contributed by atoms with Crippen LogP contribution in [0.2, 0.25) is 0 Å². The predicted molar refractivity (Wildman–Crippen MR) is 47.8 cm³/mol. The number of hydrogen-bond donors (Lipinski definition) is 1. The Morgan fingerprint density at radius 2 is 2.36 bits per heavy atom. The topological polar surface area (TPSA) is 71.4 Å². The highest BCUT2D eigenvalue weighted by molar-refractivity contribution is 5.93. The van der Waals surface area contributed by atoms with Gasteiger partial charge in [-0.05, 0) is 12.8 Å². The van der Waals surface area contributed by atoms with Crippen molar-refractivity contribution in [3.63, 3.8) is 0 Å².